The molecule has 1 aromatic rings. The zero-order chi connectivity index (χ0) is 45.4. The molecular formula is C19H28O32S8. The van der Waals surface area contributed by atoms with Gasteiger partial charge in [-0.05, 0) is 17.7 Å². The van der Waals surface area contributed by atoms with Crippen LogP contribution in [0.5, 0.6) is 5.75 Å². The Morgan fingerprint density at radius 3 is 1.37 bits per heavy atom. The predicted molar refractivity (Wildman–Crippen MR) is 179 cm³/mol. The van der Waals surface area contributed by atoms with E-state index >= 15 is 0 Å². The maximum atomic E-state index is 12.3. The van der Waals surface area contributed by atoms with Crippen LogP contribution in [0.25, 0.3) is 0 Å². The van der Waals surface area contributed by atoms with Crippen molar-refractivity contribution in [3.8, 4) is 5.75 Å². The van der Waals surface area contributed by atoms with Crippen LogP contribution in [-0.2, 0) is 121 Å². The standard InChI is InChI=1S/C19H28O32S8/c1-41-9-4-2-8(3-5-9)19(52)17(51-59(38,39)40)15(49-57(32,33)34)12(11(46-19)7-43-54(23,24)25)45-18-16(50-58(35,36)37)14(48-56(29,30)31)13(47-55(26,27)28)10(44-18)6-42-53(20,21)22/h2-5,10-18,52H,6-7H2,1H3,(H,20,21,22)(H,23,24,25)(H,26,27,28)(H,29,30,31)(H,32,33,34)(H,35,36,37)(H,38,39,40)/t10-,11-,12-,13-,14+,15+,16-,17-,18-,19+/m1/s1. The first-order chi connectivity index (χ1) is 26.4. The Bertz CT molecular complexity index is 2430. The molecule has 0 spiro atoms. The first-order valence-corrected chi connectivity index (χ1v) is 24.3. The average Bonchev–Trinajstić information content (AvgIpc) is 3.01. The van der Waals surface area contributed by atoms with Gasteiger partial charge < -0.3 is 18.9 Å². The molecule has 0 aromatic heterocycles. The van der Waals surface area contributed by atoms with Crippen LogP contribution in [0.3, 0.4) is 0 Å². The number of hydrogen-bond donors (Lipinski definition) is 8. The largest absolute Gasteiger partial charge is 0.497 e. The molecule has 3 rings (SSSR count). The Morgan fingerprint density at radius 1 is 0.542 bits per heavy atom. The summed E-state index contributed by atoms with van der Waals surface area (Å²) in [5, 5.41) is 0. The van der Waals surface area contributed by atoms with Crippen molar-refractivity contribution in [2.24, 2.45) is 0 Å². The lowest BCUT2D eigenvalue weighted by Crippen LogP contribution is -2.68. The zero-order valence-corrected chi connectivity index (χ0v) is 34.7. The number of hydrogen-bond acceptors (Lipinski definition) is 26. The van der Waals surface area contributed by atoms with Gasteiger partial charge in [0.1, 0.15) is 42.4 Å². The predicted octanol–water partition coefficient (Wildman–Crippen LogP) is -4.13. The van der Waals surface area contributed by atoms with E-state index in [-0.39, 0.29) is 5.75 Å². The topological polar surface area (TPSA) is 482 Å². The van der Waals surface area contributed by atoms with Gasteiger partial charge in [-0.25, -0.2) is 29.3 Å². The van der Waals surface area contributed by atoms with Gasteiger partial charge in [-0.1, -0.05) is 12.1 Å². The molecule has 1 aromatic carbocycles. The van der Waals surface area contributed by atoms with Crippen molar-refractivity contribution in [3.63, 3.8) is 0 Å². The summed E-state index contributed by atoms with van der Waals surface area (Å²) in [6.07, 6.45) is -27.2. The Labute approximate surface area is 338 Å². The summed E-state index contributed by atoms with van der Waals surface area (Å²) in [6.45, 7) is -3.56. The molecule has 0 radical (unpaired) electrons. The normalized spacial score (nSPS) is 30.5. The molecule has 40 heteroatoms. The van der Waals surface area contributed by atoms with Crippen molar-refractivity contribution in [1.82, 2.24) is 0 Å². The quantitative estimate of drug-likeness (QED) is 0.0454. The minimum absolute atomic E-state index is 0.0525. The van der Waals surface area contributed by atoms with Gasteiger partial charge in [-0.3, -0.25) is 31.9 Å². The fourth-order valence-corrected chi connectivity index (χ4v) is 8.82. The zero-order valence-electron chi connectivity index (χ0n) is 28.1. The Morgan fingerprint density at radius 2 is 0.949 bits per heavy atom. The van der Waals surface area contributed by atoms with Gasteiger partial charge in [0.15, 0.2) is 23.4 Å². The van der Waals surface area contributed by atoms with E-state index in [0.717, 1.165) is 24.3 Å². The number of rotatable bonds is 20. The summed E-state index contributed by atoms with van der Waals surface area (Å²) in [6, 6.07) is 4.17. The summed E-state index contributed by atoms with van der Waals surface area (Å²) < 4.78 is 284. The molecule has 10 atom stereocenters. The molecule has 59 heavy (non-hydrogen) atoms. The van der Waals surface area contributed by atoms with Crippen molar-refractivity contribution in [2.45, 2.75) is 60.1 Å². The van der Waals surface area contributed by atoms with E-state index in [4.69, 9.17) is 23.5 Å². The summed E-state index contributed by atoms with van der Waals surface area (Å²) in [7, 11) is -40.4. The highest BCUT2D eigenvalue weighted by molar-refractivity contribution is 7.82. The lowest BCUT2D eigenvalue weighted by molar-refractivity contribution is -0.333. The minimum atomic E-state index is -6.13. The van der Waals surface area contributed by atoms with Crippen molar-refractivity contribution in [1.29, 1.82) is 0 Å². The lowest BCUT2D eigenvalue weighted by Gasteiger charge is -2.51. The Balaban J connectivity index is 2.43. The summed E-state index contributed by atoms with van der Waals surface area (Å²) >= 11 is 4.19. The van der Waals surface area contributed by atoms with E-state index in [1.54, 1.807) is 0 Å². The average molecular weight is 1020 g/mol. The van der Waals surface area contributed by atoms with Crippen molar-refractivity contribution < 1.29 is 139 Å². The number of ether oxygens (including phenoxy) is 4. The minimum Gasteiger partial charge on any atom is -0.497 e. The second-order valence-electron chi connectivity index (χ2n) is 11.0. The second-order valence-corrected chi connectivity index (χ2v) is 19.1. The fourth-order valence-electron chi connectivity index (χ4n) is 5.16. The monoisotopic (exact) mass is 1020 g/mol. The lowest BCUT2D eigenvalue weighted by atomic mass is 9.90. The first-order valence-electron chi connectivity index (χ1n) is 14.3. The van der Waals surface area contributed by atoms with Crippen LogP contribution in [0.4, 0.5) is 0 Å². The Hall–Kier alpha value is -1.66. The van der Waals surface area contributed by atoms with Crippen LogP contribution in [0, 0.1) is 0 Å². The van der Waals surface area contributed by atoms with Gasteiger partial charge in [0.25, 0.3) is 0 Å². The van der Waals surface area contributed by atoms with Crippen LogP contribution >= 0.6 is 12.6 Å². The van der Waals surface area contributed by atoms with Crippen LogP contribution in [0.1, 0.15) is 5.56 Å². The van der Waals surface area contributed by atoms with E-state index in [0.29, 0.717) is 0 Å². The molecule has 2 aliphatic rings. The maximum absolute atomic E-state index is 12.3. The van der Waals surface area contributed by atoms with Gasteiger partial charge in [0.2, 0.25) is 0 Å². The molecule has 0 aliphatic carbocycles. The maximum Gasteiger partial charge on any atom is 0.397 e. The second kappa shape index (κ2) is 18.6. The van der Waals surface area contributed by atoms with E-state index in [1.165, 1.54) is 7.11 Å². The van der Waals surface area contributed by atoms with Gasteiger partial charge >= 0.3 is 72.8 Å². The van der Waals surface area contributed by atoms with Crippen molar-refractivity contribution in [2.75, 3.05) is 20.3 Å². The molecule has 0 unspecified atom stereocenters. The highest BCUT2D eigenvalue weighted by atomic mass is 32.3. The van der Waals surface area contributed by atoms with Crippen molar-refractivity contribution >= 4 is 85.4 Å². The van der Waals surface area contributed by atoms with Gasteiger partial charge in [-0.15, -0.1) is 12.6 Å². The number of benzene rings is 1. The SMILES string of the molecule is COc1ccc([C@@]2(S)O[C@H](COS(=O)(=O)O)[C@@H](O[C@H]3O[C@H](COS(=O)(=O)O)[C@@H](OS(=O)(=O)O)[C@H](OS(=O)(=O)O)[C@H]3OS(=O)(=O)O)[C@H](OS(=O)(=O)O)[C@H]2OS(=O)(=O)O)cc1. The molecule has 7 N–H and O–H groups in total. The molecule has 344 valence electrons. The van der Waals surface area contributed by atoms with Gasteiger partial charge in [-0.2, -0.15) is 58.9 Å². The molecule has 2 aliphatic heterocycles. The smallest absolute Gasteiger partial charge is 0.397 e. The molecule has 32 nitrogen and oxygen atoms in total. The number of methoxy groups -OCH3 is 1. The fraction of sp³-hybridized carbons (Fsp3) is 0.684. The summed E-state index contributed by atoms with van der Waals surface area (Å²) in [4.78, 5) is -2.96. The van der Waals surface area contributed by atoms with Crippen LogP contribution in [-0.4, -0.2) is 166 Å². The van der Waals surface area contributed by atoms with E-state index in [9.17, 15) is 86.2 Å². The molecule has 2 fully saturated rings. The molecule has 0 bridgehead atoms. The van der Waals surface area contributed by atoms with Crippen LogP contribution in [0.15, 0.2) is 24.3 Å². The van der Waals surface area contributed by atoms with Gasteiger partial charge in [0.05, 0.1) is 20.3 Å². The molecule has 0 amide bonds. The van der Waals surface area contributed by atoms with Crippen LogP contribution in [0.2, 0.25) is 0 Å². The molecule has 2 heterocycles. The van der Waals surface area contributed by atoms with Gasteiger partial charge in [0, 0.05) is 0 Å². The highest BCUT2D eigenvalue weighted by Gasteiger charge is 2.62. The van der Waals surface area contributed by atoms with Crippen molar-refractivity contribution in [3.05, 3.63) is 29.8 Å². The van der Waals surface area contributed by atoms with E-state index in [1.807, 2.05) is 0 Å². The third-order valence-corrected chi connectivity index (χ3v) is 10.8. The molecule has 0 saturated carbocycles. The first kappa shape index (κ1) is 51.7. The molecular weight excluding hydrogens is 997 g/mol. The van der Waals surface area contributed by atoms with Crippen LogP contribution < -0.4 is 4.74 Å². The van der Waals surface area contributed by atoms with E-state index < -0.39 is 152 Å². The summed E-state index contributed by atoms with van der Waals surface area (Å²) in [5.74, 6) is 0.0525. The highest BCUT2D eigenvalue weighted by Crippen LogP contribution is 2.47. The molecule has 2 saturated heterocycles. The third-order valence-electron chi connectivity index (χ3n) is 7.01. The third kappa shape index (κ3) is 16.5. The Kier molecular flexibility index (Phi) is 16.3. The van der Waals surface area contributed by atoms with E-state index in [2.05, 4.69) is 41.9 Å². The number of thiol groups is 1. The summed E-state index contributed by atoms with van der Waals surface area (Å²) in [5.41, 5.74) is -0.467.